The zero-order chi connectivity index (χ0) is 15.5. The minimum absolute atomic E-state index is 0.319. The molecule has 0 aliphatic rings. The van der Waals surface area contributed by atoms with Gasteiger partial charge in [-0.3, -0.25) is 0 Å². The molecule has 0 unspecified atom stereocenters. The SMILES string of the molecule is CCN(CC)S(=O)(=O)c1ccc(-c2csc(NC)n2)cc1. The van der Waals surface area contributed by atoms with Gasteiger partial charge in [0.05, 0.1) is 10.6 Å². The molecule has 114 valence electrons. The smallest absolute Gasteiger partial charge is 0.243 e. The van der Waals surface area contributed by atoms with Crippen LogP contribution in [0.2, 0.25) is 0 Å². The highest BCUT2D eigenvalue weighted by molar-refractivity contribution is 7.89. The minimum atomic E-state index is -3.40. The van der Waals surface area contributed by atoms with Crippen LogP contribution in [0.1, 0.15) is 13.8 Å². The van der Waals surface area contributed by atoms with Crippen LogP contribution in [0.5, 0.6) is 0 Å². The molecule has 0 aliphatic heterocycles. The average Bonchev–Trinajstić information content (AvgIpc) is 2.97. The number of sulfonamides is 1. The molecular formula is C14H19N3O2S2. The third kappa shape index (κ3) is 3.25. The lowest BCUT2D eigenvalue weighted by atomic mass is 10.2. The molecular weight excluding hydrogens is 306 g/mol. The fraction of sp³-hybridized carbons (Fsp3) is 0.357. The Morgan fingerprint density at radius 1 is 1.19 bits per heavy atom. The van der Waals surface area contributed by atoms with Crippen LogP contribution in [0.15, 0.2) is 34.5 Å². The molecule has 21 heavy (non-hydrogen) atoms. The zero-order valence-corrected chi connectivity index (χ0v) is 14.0. The maximum Gasteiger partial charge on any atom is 0.243 e. The molecule has 0 radical (unpaired) electrons. The molecule has 0 aliphatic carbocycles. The Labute approximate surface area is 129 Å². The van der Waals surface area contributed by atoms with Crippen LogP contribution in [-0.2, 0) is 10.0 Å². The molecule has 7 heteroatoms. The van der Waals surface area contributed by atoms with Crippen LogP contribution >= 0.6 is 11.3 Å². The molecule has 1 heterocycles. The molecule has 0 atom stereocenters. The summed E-state index contributed by atoms with van der Waals surface area (Å²) in [5.74, 6) is 0. The van der Waals surface area contributed by atoms with Crippen molar-refractivity contribution < 1.29 is 8.42 Å². The van der Waals surface area contributed by atoms with Gasteiger partial charge in [-0.05, 0) is 12.1 Å². The summed E-state index contributed by atoms with van der Waals surface area (Å²) in [4.78, 5) is 4.72. The van der Waals surface area contributed by atoms with Crippen molar-refractivity contribution in [2.75, 3.05) is 25.5 Å². The van der Waals surface area contributed by atoms with E-state index < -0.39 is 10.0 Å². The van der Waals surface area contributed by atoms with Crippen molar-refractivity contribution in [1.29, 1.82) is 0 Å². The van der Waals surface area contributed by atoms with E-state index in [0.717, 1.165) is 16.4 Å². The Morgan fingerprint density at radius 2 is 1.81 bits per heavy atom. The monoisotopic (exact) mass is 325 g/mol. The van der Waals surface area contributed by atoms with E-state index in [4.69, 9.17) is 0 Å². The van der Waals surface area contributed by atoms with Crippen molar-refractivity contribution in [3.63, 3.8) is 0 Å². The standard InChI is InChI=1S/C14H19N3O2S2/c1-4-17(5-2)21(18,19)12-8-6-11(7-9-12)13-10-20-14(15-3)16-13/h6-10H,4-5H2,1-3H3,(H,15,16). The fourth-order valence-electron chi connectivity index (χ4n) is 2.03. The maximum absolute atomic E-state index is 12.4. The van der Waals surface area contributed by atoms with Gasteiger partial charge < -0.3 is 5.32 Å². The van der Waals surface area contributed by atoms with Crippen LogP contribution in [0.3, 0.4) is 0 Å². The lowest BCUT2D eigenvalue weighted by Gasteiger charge is -2.18. The van der Waals surface area contributed by atoms with E-state index in [1.165, 1.54) is 15.6 Å². The van der Waals surface area contributed by atoms with Crippen LogP contribution in [0.4, 0.5) is 5.13 Å². The van der Waals surface area contributed by atoms with Crippen LogP contribution in [0.25, 0.3) is 11.3 Å². The largest absolute Gasteiger partial charge is 0.365 e. The first kappa shape index (κ1) is 15.9. The van der Waals surface area contributed by atoms with Crippen molar-refractivity contribution in [1.82, 2.24) is 9.29 Å². The number of benzene rings is 1. The summed E-state index contributed by atoms with van der Waals surface area (Å²) in [6.07, 6.45) is 0. The van der Waals surface area contributed by atoms with Gasteiger partial charge in [0.2, 0.25) is 10.0 Å². The van der Waals surface area contributed by atoms with Crippen molar-refractivity contribution in [2.24, 2.45) is 0 Å². The Bertz CT molecular complexity index is 689. The number of rotatable bonds is 6. The van der Waals surface area contributed by atoms with E-state index in [1.54, 1.807) is 24.3 Å². The van der Waals surface area contributed by atoms with Gasteiger partial charge in [0, 0.05) is 31.1 Å². The maximum atomic E-state index is 12.4. The summed E-state index contributed by atoms with van der Waals surface area (Å²) in [5, 5.41) is 5.77. The van der Waals surface area contributed by atoms with E-state index in [2.05, 4.69) is 10.3 Å². The number of thiazole rings is 1. The quantitative estimate of drug-likeness (QED) is 0.887. The van der Waals surface area contributed by atoms with E-state index in [1.807, 2.05) is 26.3 Å². The predicted molar refractivity (Wildman–Crippen MR) is 87.2 cm³/mol. The number of hydrogen-bond acceptors (Lipinski definition) is 5. The van der Waals surface area contributed by atoms with E-state index in [0.29, 0.717) is 18.0 Å². The lowest BCUT2D eigenvalue weighted by molar-refractivity contribution is 0.445. The number of nitrogens with one attached hydrogen (secondary N) is 1. The molecule has 0 spiro atoms. The molecule has 1 aromatic carbocycles. The Morgan fingerprint density at radius 3 is 2.29 bits per heavy atom. The van der Waals surface area contributed by atoms with Crippen LogP contribution in [-0.4, -0.2) is 37.8 Å². The predicted octanol–water partition coefficient (Wildman–Crippen LogP) is 2.88. The molecule has 1 N–H and O–H groups in total. The lowest BCUT2D eigenvalue weighted by Crippen LogP contribution is -2.30. The normalized spacial score (nSPS) is 11.8. The Balaban J connectivity index is 2.30. The first-order valence-corrected chi connectivity index (χ1v) is 9.08. The van der Waals surface area contributed by atoms with Gasteiger partial charge in [0.25, 0.3) is 0 Å². The molecule has 0 bridgehead atoms. The Kier molecular flexibility index (Phi) is 4.97. The highest BCUT2D eigenvalue weighted by atomic mass is 32.2. The number of hydrogen-bond donors (Lipinski definition) is 1. The minimum Gasteiger partial charge on any atom is -0.365 e. The number of anilines is 1. The van der Waals surface area contributed by atoms with Gasteiger partial charge in [-0.25, -0.2) is 13.4 Å². The van der Waals surface area contributed by atoms with E-state index >= 15 is 0 Å². The summed E-state index contributed by atoms with van der Waals surface area (Å²) >= 11 is 1.52. The molecule has 5 nitrogen and oxygen atoms in total. The van der Waals surface area contributed by atoms with Gasteiger partial charge in [-0.15, -0.1) is 11.3 Å². The highest BCUT2D eigenvalue weighted by Gasteiger charge is 2.21. The van der Waals surface area contributed by atoms with Gasteiger partial charge in [0.15, 0.2) is 5.13 Å². The summed E-state index contributed by atoms with van der Waals surface area (Å²) in [7, 11) is -1.57. The zero-order valence-electron chi connectivity index (χ0n) is 12.3. The van der Waals surface area contributed by atoms with Gasteiger partial charge in [-0.2, -0.15) is 4.31 Å². The molecule has 0 saturated carbocycles. The average molecular weight is 325 g/mol. The second-order valence-corrected chi connectivity index (χ2v) is 7.20. The molecule has 0 saturated heterocycles. The highest BCUT2D eigenvalue weighted by Crippen LogP contribution is 2.26. The number of aromatic nitrogens is 1. The van der Waals surface area contributed by atoms with E-state index in [9.17, 15) is 8.42 Å². The summed E-state index contributed by atoms with van der Waals surface area (Å²) in [6.45, 7) is 4.62. The van der Waals surface area contributed by atoms with Crippen molar-refractivity contribution in [3.8, 4) is 11.3 Å². The van der Waals surface area contributed by atoms with Gasteiger partial charge in [0.1, 0.15) is 0 Å². The second-order valence-electron chi connectivity index (χ2n) is 4.40. The molecule has 0 amide bonds. The fourth-order valence-corrected chi connectivity index (χ4v) is 4.17. The number of nitrogens with zero attached hydrogens (tertiary/aromatic N) is 2. The van der Waals surface area contributed by atoms with Crippen LogP contribution < -0.4 is 5.32 Å². The van der Waals surface area contributed by atoms with Crippen molar-refractivity contribution in [2.45, 2.75) is 18.7 Å². The molecule has 0 fully saturated rings. The third-order valence-corrected chi connectivity index (χ3v) is 6.14. The first-order valence-electron chi connectivity index (χ1n) is 6.76. The van der Waals surface area contributed by atoms with Crippen molar-refractivity contribution >= 4 is 26.5 Å². The van der Waals surface area contributed by atoms with Crippen LogP contribution in [0, 0.1) is 0 Å². The summed E-state index contributed by atoms with van der Waals surface area (Å²) in [5.41, 5.74) is 1.75. The van der Waals surface area contributed by atoms with Crippen molar-refractivity contribution in [3.05, 3.63) is 29.6 Å². The third-order valence-electron chi connectivity index (χ3n) is 3.21. The molecule has 2 rings (SSSR count). The van der Waals surface area contributed by atoms with Gasteiger partial charge >= 0.3 is 0 Å². The van der Waals surface area contributed by atoms with Gasteiger partial charge in [-0.1, -0.05) is 26.0 Å². The molecule has 1 aromatic heterocycles. The second kappa shape index (κ2) is 6.55. The first-order chi connectivity index (χ1) is 10.0. The molecule has 2 aromatic rings. The van der Waals surface area contributed by atoms with E-state index in [-0.39, 0.29) is 0 Å². The Hall–Kier alpha value is -1.44. The summed E-state index contributed by atoms with van der Waals surface area (Å²) in [6, 6.07) is 6.87. The summed E-state index contributed by atoms with van der Waals surface area (Å²) < 4.78 is 26.2. The topological polar surface area (TPSA) is 62.3 Å².